The molecule has 0 aromatic rings. The zero-order chi connectivity index (χ0) is 7.03. The lowest BCUT2D eigenvalue weighted by Crippen LogP contribution is -2.49. The van der Waals surface area contributed by atoms with Crippen LogP contribution in [0.15, 0.2) is 0 Å². The molecule has 1 spiro atoms. The maximum atomic E-state index is 5.84. The SMILES string of the molecule is NC1CCOC2(CCC2)C1. The van der Waals surface area contributed by atoms with Crippen molar-refractivity contribution in [3.05, 3.63) is 0 Å². The van der Waals surface area contributed by atoms with E-state index in [1.54, 1.807) is 0 Å². The monoisotopic (exact) mass is 141 g/mol. The third kappa shape index (κ3) is 0.956. The van der Waals surface area contributed by atoms with Crippen LogP contribution >= 0.6 is 0 Å². The third-order valence-corrected chi connectivity index (χ3v) is 2.80. The van der Waals surface area contributed by atoms with Crippen LogP contribution < -0.4 is 5.73 Å². The second-order valence-corrected chi connectivity index (χ2v) is 3.64. The van der Waals surface area contributed by atoms with Gasteiger partial charge in [-0.05, 0) is 32.1 Å². The van der Waals surface area contributed by atoms with E-state index in [-0.39, 0.29) is 5.60 Å². The highest BCUT2D eigenvalue weighted by Gasteiger charge is 2.41. The molecule has 2 aliphatic rings. The molecule has 1 saturated carbocycles. The first-order valence-electron chi connectivity index (χ1n) is 4.20. The molecule has 1 saturated heterocycles. The molecule has 58 valence electrons. The maximum Gasteiger partial charge on any atom is 0.0697 e. The van der Waals surface area contributed by atoms with Crippen LogP contribution in [0.1, 0.15) is 32.1 Å². The molecule has 2 heteroatoms. The molecular weight excluding hydrogens is 126 g/mol. The van der Waals surface area contributed by atoms with Gasteiger partial charge in [-0.1, -0.05) is 0 Å². The quantitative estimate of drug-likeness (QED) is 0.547. The van der Waals surface area contributed by atoms with Crippen LogP contribution in [0, 0.1) is 0 Å². The van der Waals surface area contributed by atoms with Gasteiger partial charge in [0.05, 0.1) is 5.60 Å². The smallest absolute Gasteiger partial charge is 0.0697 e. The van der Waals surface area contributed by atoms with E-state index in [0.29, 0.717) is 6.04 Å². The first-order valence-corrected chi connectivity index (χ1v) is 4.20. The summed E-state index contributed by atoms with van der Waals surface area (Å²) >= 11 is 0. The van der Waals surface area contributed by atoms with Crippen molar-refractivity contribution in [1.82, 2.24) is 0 Å². The summed E-state index contributed by atoms with van der Waals surface area (Å²) in [5.41, 5.74) is 6.09. The van der Waals surface area contributed by atoms with E-state index in [1.165, 1.54) is 19.3 Å². The summed E-state index contributed by atoms with van der Waals surface area (Å²) in [4.78, 5) is 0. The minimum atomic E-state index is 0.248. The standard InChI is InChI=1S/C8H15NO/c9-7-2-5-10-8(6-7)3-1-4-8/h7H,1-6,9H2. The van der Waals surface area contributed by atoms with Gasteiger partial charge in [-0.25, -0.2) is 0 Å². The maximum absolute atomic E-state index is 5.84. The van der Waals surface area contributed by atoms with Gasteiger partial charge in [-0.3, -0.25) is 0 Å². The van der Waals surface area contributed by atoms with Gasteiger partial charge in [0.2, 0.25) is 0 Å². The van der Waals surface area contributed by atoms with Gasteiger partial charge in [0.25, 0.3) is 0 Å². The minimum Gasteiger partial charge on any atom is -0.375 e. The van der Waals surface area contributed by atoms with E-state index < -0.39 is 0 Å². The molecule has 0 aromatic carbocycles. The van der Waals surface area contributed by atoms with E-state index in [1.807, 2.05) is 0 Å². The molecule has 2 fully saturated rings. The molecule has 2 nitrogen and oxygen atoms in total. The van der Waals surface area contributed by atoms with E-state index >= 15 is 0 Å². The Kier molecular flexibility index (Phi) is 1.46. The van der Waals surface area contributed by atoms with Gasteiger partial charge >= 0.3 is 0 Å². The average molecular weight is 141 g/mol. The van der Waals surface area contributed by atoms with E-state index in [2.05, 4.69) is 0 Å². The Morgan fingerprint density at radius 1 is 1.40 bits per heavy atom. The highest BCUT2D eigenvalue weighted by Crippen LogP contribution is 2.41. The number of hydrogen-bond donors (Lipinski definition) is 1. The first kappa shape index (κ1) is 6.62. The third-order valence-electron chi connectivity index (χ3n) is 2.80. The second kappa shape index (κ2) is 2.21. The molecule has 1 heterocycles. The summed E-state index contributed by atoms with van der Waals surface area (Å²) in [5.74, 6) is 0. The largest absolute Gasteiger partial charge is 0.375 e. The van der Waals surface area contributed by atoms with Gasteiger partial charge in [0, 0.05) is 12.6 Å². The molecule has 0 bridgehead atoms. The lowest BCUT2D eigenvalue weighted by Gasteiger charge is -2.46. The predicted octanol–water partition coefficient (Wildman–Crippen LogP) is 1.05. The highest BCUT2D eigenvalue weighted by molar-refractivity contribution is 4.94. The lowest BCUT2D eigenvalue weighted by molar-refractivity contribution is -0.132. The topological polar surface area (TPSA) is 35.2 Å². The number of nitrogens with two attached hydrogens (primary N) is 1. The van der Waals surface area contributed by atoms with Gasteiger partial charge in [-0.15, -0.1) is 0 Å². The Balaban J connectivity index is 1.96. The zero-order valence-electron chi connectivity index (χ0n) is 6.31. The second-order valence-electron chi connectivity index (χ2n) is 3.64. The summed E-state index contributed by atoms with van der Waals surface area (Å²) in [7, 11) is 0. The Hall–Kier alpha value is -0.0800. The Morgan fingerprint density at radius 2 is 2.20 bits per heavy atom. The fourth-order valence-corrected chi connectivity index (χ4v) is 1.99. The fraction of sp³-hybridized carbons (Fsp3) is 1.00. The average Bonchev–Trinajstić information content (AvgIpc) is 1.85. The molecule has 0 aromatic heterocycles. The summed E-state index contributed by atoms with van der Waals surface area (Å²) < 4.78 is 5.69. The van der Waals surface area contributed by atoms with Crippen molar-refractivity contribution in [2.45, 2.75) is 43.7 Å². The van der Waals surface area contributed by atoms with Crippen molar-refractivity contribution >= 4 is 0 Å². The van der Waals surface area contributed by atoms with Crippen LogP contribution in [-0.4, -0.2) is 18.2 Å². The summed E-state index contributed by atoms with van der Waals surface area (Å²) in [6, 6.07) is 0.411. The molecule has 1 unspecified atom stereocenters. The van der Waals surface area contributed by atoms with Crippen molar-refractivity contribution in [2.75, 3.05) is 6.61 Å². The van der Waals surface area contributed by atoms with E-state index in [4.69, 9.17) is 10.5 Å². The van der Waals surface area contributed by atoms with Gasteiger partial charge in [-0.2, -0.15) is 0 Å². The molecule has 1 atom stereocenters. The minimum absolute atomic E-state index is 0.248. The zero-order valence-corrected chi connectivity index (χ0v) is 6.31. The molecule has 1 aliphatic heterocycles. The molecule has 10 heavy (non-hydrogen) atoms. The van der Waals surface area contributed by atoms with Gasteiger partial charge in [0.15, 0.2) is 0 Å². The summed E-state index contributed by atoms with van der Waals surface area (Å²) in [6.07, 6.45) is 6.00. The van der Waals surface area contributed by atoms with E-state index in [0.717, 1.165) is 19.4 Å². The number of ether oxygens (including phenoxy) is 1. The van der Waals surface area contributed by atoms with Crippen LogP contribution in [-0.2, 0) is 4.74 Å². The predicted molar refractivity (Wildman–Crippen MR) is 39.7 cm³/mol. The van der Waals surface area contributed by atoms with Crippen LogP contribution in [0.3, 0.4) is 0 Å². The Morgan fingerprint density at radius 3 is 2.60 bits per heavy atom. The number of rotatable bonds is 0. The van der Waals surface area contributed by atoms with Crippen LogP contribution in [0.2, 0.25) is 0 Å². The van der Waals surface area contributed by atoms with Crippen LogP contribution in [0.25, 0.3) is 0 Å². The van der Waals surface area contributed by atoms with Crippen molar-refractivity contribution in [1.29, 1.82) is 0 Å². The summed E-state index contributed by atoms with van der Waals surface area (Å²) in [6.45, 7) is 0.890. The van der Waals surface area contributed by atoms with Crippen LogP contribution in [0.4, 0.5) is 0 Å². The first-order chi connectivity index (χ1) is 4.81. The molecular formula is C8H15NO. The highest BCUT2D eigenvalue weighted by atomic mass is 16.5. The molecule has 0 amide bonds. The Bertz CT molecular complexity index is 131. The van der Waals surface area contributed by atoms with Crippen molar-refractivity contribution in [3.8, 4) is 0 Å². The lowest BCUT2D eigenvalue weighted by atomic mass is 9.74. The molecule has 2 N–H and O–H groups in total. The molecule has 0 radical (unpaired) electrons. The van der Waals surface area contributed by atoms with Crippen molar-refractivity contribution in [2.24, 2.45) is 5.73 Å². The normalized spacial score (nSPS) is 37.5. The number of hydrogen-bond acceptors (Lipinski definition) is 2. The summed E-state index contributed by atoms with van der Waals surface area (Å²) in [5, 5.41) is 0. The van der Waals surface area contributed by atoms with Crippen molar-refractivity contribution < 1.29 is 4.74 Å². The van der Waals surface area contributed by atoms with Crippen molar-refractivity contribution in [3.63, 3.8) is 0 Å². The van der Waals surface area contributed by atoms with Crippen LogP contribution in [0.5, 0.6) is 0 Å². The van der Waals surface area contributed by atoms with Gasteiger partial charge < -0.3 is 10.5 Å². The fourth-order valence-electron chi connectivity index (χ4n) is 1.99. The van der Waals surface area contributed by atoms with Gasteiger partial charge in [0.1, 0.15) is 0 Å². The molecule has 2 rings (SSSR count). The Labute approximate surface area is 61.7 Å². The van der Waals surface area contributed by atoms with E-state index in [9.17, 15) is 0 Å². The molecule has 1 aliphatic carbocycles.